The van der Waals surface area contributed by atoms with Crippen LogP contribution in [0.15, 0.2) is 24.3 Å². The summed E-state index contributed by atoms with van der Waals surface area (Å²) in [7, 11) is 0. The summed E-state index contributed by atoms with van der Waals surface area (Å²) in [6.07, 6.45) is 18.4. The molecule has 0 fully saturated rings. The van der Waals surface area contributed by atoms with Gasteiger partial charge in [-0.25, -0.2) is 0 Å². The zero-order chi connectivity index (χ0) is 11.2. The second-order valence-corrected chi connectivity index (χ2v) is 3.88. The summed E-state index contributed by atoms with van der Waals surface area (Å²) < 4.78 is 0. The molecular weight excluding hydrogens is 184 g/mol. The van der Waals surface area contributed by atoms with Gasteiger partial charge in [0, 0.05) is 6.61 Å². The zero-order valence-electron chi connectivity index (χ0n) is 10.1. The number of allylic oxidation sites excluding steroid dienone is 4. The van der Waals surface area contributed by atoms with Crippen LogP contribution >= 0.6 is 0 Å². The third kappa shape index (κ3) is 13.4. The fourth-order valence-corrected chi connectivity index (χ4v) is 1.37. The van der Waals surface area contributed by atoms with Crippen LogP contribution in [0.4, 0.5) is 0 Å². The van der Waals surface area contributed by atoms with E-state index in [1.165, 1.54) is 38.5 Å². The number of hydrogen-bond acceptors (Lipinski definition) is 1. The first-order chi connectivity index (χ1) is 7.41. The predicted octanol–water partition coefficient (Wildman–Crippen LogP) is 4.23. The van der Waals surface area contributed by atoms with E-state index in [2.05, 4.69) is 31.2 Å². The molecule has 0 amide bonds. The molecule has 0 aliphatic carbocycles. The lowest BCUT2D eigenvalue weighted by Crippen LogP contribution is -1.78. The number of rotatable bonds is 10. The monoisotopic (exact) mass is 210 g/mol. The Morgan fingerprint density at radius 2 is 1.20 bits per heavy atom. The molecule has 0 aliphatic rings. The van der Waals surface area contributed by atoms with Crippen LogP contribution in [0.1, 0.15) is 58.3 Å². The van der Waals surface area contributed by atoms with Gasteiger partial charge in [0.05, 0.1) is 0 Å². The molecule has 1 nitrogen and oxygen atoms in total. The zero-order valence-corrected chi connectivity index (χ0v) is 10.1. The normalized spacial score (nSPS) is 11.9. The molecule has 1 N–H and O–H groups in total. The Morgan fingerprint density at radius 3 is 1.67 bits per heavy atom. The highest BCUT2D eigenvalue weighted by Gasteiger charge is 1.84. The van der Waals surface area contributed by atoms with E-state index in [9.17, 15) is 0 Å². The minimum absolute atomic E-state index is 0.312. The molecule has 0 spiro atoms. The van der Waals surface area contributed by atoms with Gasteiger partial charge in [-0.15, -0.1) is 0 Å². The molecule has 0 atom stereocenters. The van der Waals surface area contributed by atoms with Gasteiger partial charge in [-0.2, -0.15) is 0 Å². The molecule has 1 heteroatoms. The van der Waals surface area contributed by atoms with Gasteiger partial charge in [0.15, 0.2) is 0 Å². The Morgan fingerprint density at radius 1 is 0.733 bits per heavy atom. The van der Waals surface area contributed by atoms with Crippen molar-refractivity contribution in [1.82, 2.24) is 0 Å². The van der Waals surface area contributed by atoms with Crippen molar-refractivity contribution in [3.05, 3.63) is 24.3 Å². The van der Waals surface area contributed by atoms with Gasteiger partial charge < -0.3 is 5.11 Å². The summed E-state index contributed by atoms with van der Waals surface area (Å²) in [4.78, 5) is 0. The Bertz CT molecular complexity index is 159. The molecule has 0 aromatic rings. The van der Waals surface area contributed by atoms with Crippen molar-refractivity contribution in [2.45, 2.75) is 58.3 Å². The highest BCUT2D eigenvalue weighted by molar-refractivity contribution is 4.83. The lowest BCUT2D eigenvalue weighted by molar-refractivity contribution is 0.289. The largest absolute Gasteiger partial charge is 0.396 e. The van der Waals surface area contributed by atoms with Crippen molar-refractivity contribution in [2.24, 2.45) is 0 Å². The third-order valence-electron chi connectivity index (χ3n) is 2.31. The Hall–Kier alpha value is -0.560. The molecule has 0 heterocycles. The highest BCUT2D eigenvalue weighted by atomic mass is 16.2. The summed E-state index contributed by atoms with van der Waals surface area (Å²) in [6, 6.07) is 0. The van der Waals surface area contributed by atoms with Gasteiger partial charge in [-0.1, -0.05) is 37.6 Å². The SMILES string of the molecule is CCC/C=C\CCCC/C=C/CCCO. The van der Waals surface area contributed by atoms with Crippen molar-refractivity contribution < 1.29 is 5.11 Å². The first-order valence-corrected chi connectivity index (χ1v) is 6.32. The third-order valence-corrected chi connectivity index (χ3v) is 2.31. The second-order valence-electron chi connectivity index (χ2n) is 3.88. The van der Waals surface area contributed by atoms with Crippen LogP contribution < -0.4 is 0 Å². The van der Waals surface area contributed by atoms with E-state index in [0.717, 1.165) is 12.8 Å². The molecule has 0 radical (unpaired) electrons. The van der Waals surface area contributed by atoms with Crippen molar-refractivity contribution in [3.8, 4) is 0 Å². The van der Waals surface area contributed by atoms with Crippen LogP contribution in [0.25, 0.3) is 0 Å². The molecule has 88 valence electrons. The second kappa shape index (κ2) is 13.4. The highest BCUT2D eigenvalue weighted by Crippen LogP contribution is 2.03. The van der Waals surface area contributed by atoms with Crippen molar-refractivity contribution in [1.29, 1.82) is 0 Å². The smallest absolute Gasteiger partial charge is 0.0433 e. The van der Waals surface area contributed by atoms with E-state index in [1.807, 2.05) is 0 Å². The molecule has 0 unspecified atom stereocenters. The lowest BCUT2D eigenvalue weighted by Gasteiger charge is -1.93. The Kier molecular flexibility index (Phi) is 12.9. The molecule has 0 bridgehead atoms. The molecule has 0 aromatic heterocycles. The standard InChI is InChI=1S/C14H26O/c1-2-3-4-5-6-7-8-9-10-11-12-13-14-15/h4-5,10-11,15H,2-3,6-9,12-14H2,1H3/b5-4-,11-10+. The molecule has 0 saturated heterocycles. The molecule has 0 rings (SSSR count). The summed E-state index contributed by atoms with van der Waals surface area (Å²) in [5.41, 5.74) is 0. The molecule has 0 saturated carbocycles. The van der Waals surface area contributed by atoms with Crippen LogP contribution in [0.2, 0.25) is 0 Å². The topological polar surface area (TPSA) is 20.2 Å². The molecule has 0 aromatic carbocycles. The van der Waals surface area contributed by atoms with Crippen LogP contribution in [-0.4, -0.2) is 11.7 Å². The van der Waals surface area contributed by atoms with Crippen molar-refractivity contribution in [2.75, 3.05) is 6.61 Å². The van der Waals surface area contributed by atoms with Crippen LogP contribution in [0, 0.1) is 0 Å². The number of aliphatic hydroxyl groups excluding tert-OH is 1. The average Bonchev–Trinajstić information content (AvgIpc) is 2.26. The molecule has 15 heavy (non-hydrogen) atoms. The quantitative estimate of drug-likeness (QED) is 0.422. The minimum Gasteiger partial charge on any atom is -0.396 e. The van der Waals surface area contributed by atoms with Crippen molar-refractivity contribution >= 4 is 0 Å². The fourth-order valence-electron chi connectivity index (χ4n) is 1.37. The molecule has 0 aliphatic heterocycles. The summed E-state index contributed by atoms with van der Waals surface area (Å²) in [5.74, 6) is 0. The van der Waals surface area contributed by atoms with E-state index < -0.39 is 0 Å². The number of aliphatic hydroxyl groups is 1. The number of hydrogen-bond donors (Lipinski definition) is 1. The van der Waals surface area contributed by atoms with E-state index >= 15 is 0 Å². The minimum atomic E-state index is 0.312. The summed E-state index contributed by atoms with van der Waals surface area (Å²) in [5, 5.41) is 8.57. The van der Waals surface area contributed by atoms with Crippen LogP contribution in [0.5, 0.6) is 0 Å². The summed E-state index contributed by atoms with van der Waals surface area (Å²) in [6.45, 7) is 2.52. The van der Waals surface area contributed by atoms with Gasteiger partial charge in [0.2, 0.25) is 0 Å². The maximum atomic E-state index is 8.57. The van der Waals surface area contributed by atoms with Crippen molar-refractivity contribution in [3.63, 3.8) is 0 Å². The van der Waals surface area contributed by atoms with Gasteiger partial charge in [0.25, 0.3) is 0 Å². The van der Waals surface area contributed by atoms with Crippen LogP contribution in [0.3, 0.4) is 0 Å². The maximum Gasteiger partial charge on any atom is 0.0433 e. The van der Waals surface area contributed by atoms with Crippen LogP contribution in [-0.2, 0) is 0 Å². The predicted molar refractivity (Wildman–Crippen MR) is 68.0 cm³/mol. The Balaban J connectivity index is 3.07. The van der Waals surface area contributed by atoms with E-state index in [0.29, 0.717) is 6.61 Å². The first-order valence-electron chi connectivity index (χ1n) is 6.32. The average molecular weight is 210 g/mol. The van der Waals surface area contributed by atoms with Gasteiger partial charge in [-0.05, 0) is 44.9 Å². The van der Waals surface area contributed by atoms with E-state index in [1.54, 1.807) is 0 Å². The van der Waals surface area contributed by atoms with E-state index in [4.69, 9.17) is 5.11 Å². The lowest BCUT2D eigenvalue weighted by atomic mass is 10.1. The number of unbranched alkanes of at least 4 members (excludes halogenated alkanes) is 5. The van der Waals surface area contributed by atoms with Gasteiger partial charge in [0.1, 0.15) is 0 Å². The van der Waals surface area contributed by atoms with Gasteiger partial charge in [-0.3, -0.25) is 0 Å². The van der Waals surface area contributed by atoms with E-state index in [-0.39, 0.29) is 0 Å². The Labute approximate surface area is 94.9 Å². The fraction of sp³-hybridized carbons (Fsp3) is 0.714. The molecular formula is C14H26O. The van der Waals surface area contributed by atoms with Gasteiger partial charge >= 0.3 is 0 Å². The maximum absolute atomic E-state index is 8.57. The first kappa shape index (κ1) is 14.4. The summed E-state index contributed by atoms with van der Waals surface area (Å²) >= 11 is 0.